The van der Waals surface area contributed by atoms with Gasteiger partial charge in [0.25, 0.3) is 5.91 Å². The number of fused-ring (bicyclic) bond motifs is 1. The highest BCUT2D eigenvalue weighted by molar-refractivity contribution is 6.03. The van der Waals surface area contributed by atoms with Crippen LogP contribution in [0.3, 0.4) is 0 Å². The number of benzene rings is 2. The van der Waals surface area contributed by atoms with Gasteiger partial charge in [0.1, 0.15) is 11.9 Å². The van der Waals surface area contributed by atoms with Crippen LogP contribution in [0.25, 0.3) is 0 Å². The molecule has 0 spiro atoms. The third-order valence-corrected chi connectivity index (χ3v) is 4.58. The molecule has 1 atom stereocenters. The van der Waals surface area contributed by atoms with E-state index in [1.165, 1.54) is 0 Å². The third-order valence-electron chi connectivity index (χ3n) is 4.58. The Morgan fingerprint density at radius 2 is 2.07 bits per heavy atom. The fraction of sp³-hybridized carbons (Fsp3) is 0.250. The van der Waals surface area contributed by atoms with E-state index in [9.17, 15) is 4.79 Å². The summed E-state index contributed by atoms with van der Waals surface area (Å²) in [5.41, 5.74) is 3.82. The van der Waals surface area contributed by atoms with E-state index < -0.39 is 0 Å². The van der Waals surface area contributed by atoms with Gasteiger partial charge in [-0.3, -0.25) is 4.79 Å². The van der Waals surface area contributed by atoms with Crippen molar-refractivity contribution in [2.45, 2.75) is 26.2 Å². The van der Waals surface area contributed by atoms with Gasteiger partial charge in [-0.25, -0.2) is 4.68 Å². The van der Waals surface area contributed by atoms with Crippen LogP contribution in [0.2, 0.25) is 0 Å². The summed E-state index contributed by atoms with van der Waals surface area (Å²) in [4.78, 5) is 12.6. The van der Waals surface area contributed by atoms with Crippen LogP contribution in [-0.2, 0) is 17.9 Å². The first kappa shape index (κ1) is 17.2. The monoisotopic (exact) mass is 364 g/mol. The quantitative estimate of drug-likeness (QED) is 0.770. The van der Waals surface area contributed by atoms with Gasteiger partial charge < -0.3 is 14.8 Å². The van der Waals surface area contributed by atoms with Crippen molar-refractivity contribution in [1.29, 1.82) is 0 Å². The van der Waals surface area contributed by atoms with E-state index in [-0.39, 0.29) is 18.6 Å². The second-order valence-electron chi connectivity index (χ2n) is 6.46. The molecule has 1 aliphatic heterocycles. The molecule has 1 aromatic heterocycles. The predicted octanol–water partition coefficient (Wildman–Crippen LogP) is 3.12. The first-order valence-corrected chi connectivity index (χ1v) is 8.70. The number of aromatic nitrogens is 3. The Morgan fingerprint density at radius 1 is 1.26 bits per heavy atom. The summed E-state index contributed by atoms with van der Waals surface area (Å²) in [6, 6.07) is 15.4. The number of hydrogen-bond acceptors (Lipinski definition) is 5. The zero-order valence-corrected chi connectivity index (χ0v) is 15.2. The second kappa shape index (κ2) is 7.20. The molecule has 0 fully saturated rings. The molecule has 1 aliphatic rings. The molecular weight excluding hydrogens is 344 g/mol. The van der Waals surface area contributed by atoms with Gasteiger partial charge in [-0.05, 0) is 42.3 Å². The molecule has 1 amide bonds. The van der Waals surface area contributed by atoms with Gasteiger partial charge in [0, 0.05) is 5.69 Å². The lowest BCUT2D eigenvalue weighted by atomic mass is 10.1. The number of hydrogen-bond donors (Lipinski definition) is 1. The average molecular weight is 364 g/mol. The van der Waals surface area contributed by atoms with Crippen LogP contribution in [-0.4, -0.2) is 28.0 Å². The number of nitrogens with one attached hydrogen (secondary N) is 1. The standard InChI is InChI=1S/C20H20N4O3/c1-13-4-3-5-15(10-13)21-20(25)19-17-12-27-18(11-24(17)23-22-19)14-6-8-16(26-2)9-7-14/h3-10,18H,11-12H2,1-2H3,(H,21,25). The molecule has 0 saturated heterocycles. The van der Waals surface area contributed by atoms with Crippen molar-refractivity contribution in [3.63, 3.8) is 0 Å². The Kier molecular flexibility index (Phi) is 4.60. The van der Waals surface area contributed by atoms with Gasteiger partial charge in [0.15, 0.2) is 5.69 Å². The highest BCUT2D eigenvalue weighted by atomic mass is 16.5. The maximum absolute atomic E-state index is 12.6. The Bertz CT molecular complexity index is 966. The second-order valence-corrected chi connectivity index (χ2v) is 6.46. The maximum atomic E-state index is 12.6. The SMILES string of the molecule is COc1ccc(C2Cn3nnc(C(=O)Nc4cccc(C)c4)c3CO2)cc1. The molecule has 138 valence electrons. The minimum absolute atomic E-state index is 0.141. The zero-order chi connectivity index (χ0) is 18.8. The van der Waals surface area contributed by atoms with Gasteiger partial charge in [-0.1, -0.05) is 29.5 Å². The van der Waals surface area contributed by atoms with E-state index >= 15 is 0 Å². The highest BCUT2D eigenvalue weighted by Crippen LogP contribution is 2.28. The van der Waals surface area contributed by atoms with E-state index in [0.717, 1.165) is 22.6 Å². The van der Waals surface area contributed by atoms with E-state index in [1.807, 2.05) is 55.5 Å². The largest absolute Gasteiger partial charge is 0.497 e. The number of anilines is 1. The first-order chi connectivity index (χ1) is 13.1. The molecule has 7 heteroatoms. The maximum Gasteiger partial charge on any atom is 0.278 e. The van der Waals surface area contributed by atoms with Crippen LogP contribution in [0, 0.1) is 6.92 Å². The number of amides is 1. The molecule has 7 nitrogen and oxygen atoms in total. The zero-order valence-electron chi connectivity index (χ0n) is 15.2. The van der Waals surface area contributed by atoms with Gasteiger partial charge in [-0.15, -0.1) is 5.10 Å². The summed E-state index contributed by atoms with van der Waals surface area (Å²) in [5, 5.41) is 11.1. The Morgan fingerprint density at radius 3 is 2.81 bits per heavy atom. The number of methoxy groups -OCH3 is 1. The van der Waals surface area contributed by atoms with Crippen molar-refractivity contribution in [3.8, 4) is 5.75 Å². The van der Waals surface area contributed by atoms with Crippen molar-refractivity contribution < 1.29 is 14.3 Å². The molecule has 2 aromatic carbocycles. The lowest BCUT2D eigenvalue weighted by molar-refractivity contribution is -0.00173. The van der Waals surface area contributed by atoms with Crippen molar-refractivity contribution >= 4 is 11.6 Å². The molecule has 0 aliphatic carbocycles. The average Bonchev–Trinajstić information content (AvgIpc) is 3.11. The highest BCUT2D eigenvalue weighted by Gasteiger charge is 2.27. The molecule has 2 heterocycles. The predicted molar refractivity (Wildman–Crippen MR) is 99.7 cm³/mol. The molecule has 1 N–H and O–H groups in total. The van der Waals surface area contributed by atoms with Crippen LogP contribution >= 0.6 is 0 Å². The summed E-state index contributed by atoms with van der Waals surface area (Å²) in [7, 11) is 1.64. The van der Waals surface area contributed by atoms with Crippen LogP contribution in [0.15, 0.2) is 48.5 Å². The van der Waals surface area contributed by atoms with Crippen molar-refractivity contribution in [1.82, 2.24) is 15.0 Å². The lowest BCUT2D eigenvalue weighted by Gasteiger charge is -2.24. The normalized spacial score (nSPS) is 15.9. The van der Waals surface area contributed by atoms with Crippen molar-refractivity contribution in [2.75, 3.05) is 12.4 Å². The number of ether oxygens (including phenoxy) is 2. The summed E-state index contributed by atoms with van der Waals surface area (Å²) in [5.74, 6) is 0.513. The molecular formula is C20H20N4O3. The Hall–Kier alpha value is -3.19. The summed E-state index contributed by atoms with van der Waals surface area (Å²) in [6.45, 7) is 2.76. The number of rotatable bonds is 4. The van der Waals surface area contributed by atoms with E-state index in [2.05, 4.69) is 15.6 Å². The van der Waals surface area contributed by atoms with Crippen LogP contribution in [0.4, 0.5) is 5.69 Å². The number of nitrogens with zero attached hydrogens (tertiary/aromatic N) is 3. The molecule has 3 aromatic rings. The molecule has 1 unspecified atom stereocenters. The number of carbonyl (C=O) groups excluding carboxylic acids is 1. The first-order valence-electron chi connectivity index (χ1n) is 8.70. The fourth-order valence-corrected chi connectivity index (χ4v) is 3.12. The van der Waals surface area contributed by atoms with Crippen molar-refractivity contribution in [2.24, 2.45) is 0 Å². The van der Waals surface area contributed by atoms with Crippen molar-refractivity contribution in [3.05, 3.63) is 71.0 Å². The topological polar surface area (TPSA) is 78.3 Å². The van der Waals surface area contributed by atoms with Crippen LogP contribution in [0.5, 0.6) is 5.75 Å². The van der Waals surface area contributed by atoms with Gasteiger partial charge in [-0.2, -0.15) is 0 Å². The lowest BCUT2D eigenvalue weighted by Crippen LogP contribution is -2.24. The minimum Gasteiger partial charge on any atom is -0.497 e. The summed E-state index contributed by atoms with van der Waals surface area (Å²) in [6.07, 6.45) is -0.141. The smallest absolute Gasteiger partial charge is 0.278 e. The molecule has 0 radical (unpaired) electrons. The number of aryl methyl sites for hydroxylation is 1. The Balaban J connectivity index is 1.50. The third kappa shape index (κ3) is 3.54. The summed E-state index contributed by atoms with van der Waals surface area (Å²) < 4.78 is 12.9. The van der Waals surface area contributed by atoms with E-state index in [1.54, 1.807) is 11.8 Å². The minimum atomic E-state index is -0.284. The van der Waals surface area contributed by atoms with Gasteiger partial charge in [0.05, 0.1) is 26.0 Å². The molecule has 4 rings (SSSR count). The molecule has 0 bridgehead atoms. The van der Waals surface area contributed by atoms with Crippen LogP contribution < -0.4 is 10.1 Å². The van der Waals surface area contributed by atoms with E-state index in [0.29, 0.717) is 17.9 Å². The molecule has 27 heavy (non-hydrogen) atoms. The number of carbonyl (C=O) groups is 1. The van der Waals surface area contributed by atoms with Crippen LogP contribution in [0.1, 0.15) is 33.4 Å². The van der Waals surface area contributed by atoms with Gasteiger partial charge in [0.2, 0.25) is 0 Å². The van der Waals surface area contributed by atoms with Gasteiger partial charge >= 0.3 is 0 Å². The Labute approximate surface area is 156 Å². The molecule has 0 saturated carbocycles. The summed E-state index contributed by atoms with van der Waals surface area (Å²) >= 11 is 0. The van der Waals surface area contributed by atoms with E-state index in [4.69, 9.17) is 9.47 Å². The fourth-order valence-electron chi connectivity index (χ4n) is 3.12.